The van der Waals surface area contributed by atoms with E-state index in [1.54, 1.807) is 0 Å². The molecule has 0 spiro atoms. The van der Waals surface area contributed by atoms with Crippen LogP contribution in [0.5, 0.6) is 0 Å². The molecule has 1 unspecified atom stereocenters. The Labute approximate surface area is 158 Å². The van der Waals surface area contributed by atoms with Gasteiger partial charge in [0.05, 0.1) is 5.56 Å². The standard InChI is InChI=1S/C19H25F3N2O.ClH/c1-13(14-2-4-17(5-3-14)19(20,21)22)10-18(25)24-8-6-15-11-23-12-16(15)7-9-24;/h2-5,13,15-16,23H,6-12H2,1H3;1H/t13?,15-,16+;. The van der Waals surface area contributed by atoms with Gasteiger partial charge in [0.1, 0.15) is 0 Å². The lowest BCUT2D eigenvalue weighted by molar-refractivity contribution is -0.137. The summed E-state index contributed by atoms with van der Waals surface area (Å²) in [4.78, 5) is 14.6. The van der Waals surface area contributed by atoms with Crippen LogP contribution < -0.4 is 5.32 Å². The SMILES string of the molecule is CC(CC(=O)N1CC[C@@H]2CNC[C@@H]2CC1)c1ccc(C(F)(F)F)cc1.Cl. The summed E-state index contributed by atoms with van der Waals surface area (Å²) in [5.74, 6) is 1.37. The lowest BCUT2D eigenvalue weighted by atomic mass is 9.92. The van der Waals surface area contributed by atoms with Crippen molar-refractivity contribution in [3.63, 3.8) is 0 Å². The van der Waals surface area contributed by atoms with Gasteiger partial charge in [0, 0.05) is 19.5 Å². The number of likely N-dealkylation sites (tertiary alicyclic amines) is 1. The van der Waals surface area contributed by atoms with Gasteiger partial charge in [0.25, 0.3) is 0 Å². The summed E-state index contributed by atoms with van der Waals surface area (Å²) in [6.45, 7) is 5.59. The summed E-state index contributed by atoms with van der Waals surface area (Å²) < 4.78 is 37.9. The highest BCUT2D eigenvalue weighted by molar-refractivity contribution is 5.85. The third-order valence-corrected chi connectivity index (χ3v) is 5.66. The number of carbonyl (C=O) groups is 1. The molecular formula is C19H26ClF3N2O. The number of fused-ring (bicyclic) bond motifs is 1. The molecule has 0 radical (unpaired) electrons. The van der Waals surface area contributed by atoms with Crippen molar-refractivity contribution in [1.29, 1.82) is 0 Å². The largest absolute Gasteiger partial charge is 0.416 e. The van der Waals surface area contributed by atoms with Crippen LogP contribution in [0.1, 0.15) is 43.2 Å². The normalized spacial score (nSPS) is 24.4. The lowest BCUT2D eigenvalue weighted by Gasteiger charge is -2.23. The van der Waals surface area contributed by atoms with Crippen molar-refractivity contribution < 1.29 is 18.0 Å². The molecule has 2 aliphatic heterocycles. The minimum Gasteiger partial charge on any atom is -0.343 e. The molecule has 3 atom stereocenters. The number of amides is 1. The zero-order valence-electron chi connectivity index (χ0n) is 14.9. The van der Waals surface area contributed by atoms with Gasteiger partial charge < -0.3 is 10.2 Å². The van der Waals surface area contributed by atoms with Crippen molar-refractivity contribution in [1.82, 2.24) is 10.2 Å². The molecule has 3 rings (SSSR count). The van der Waals surface area contributed by atoms with Gasteiger partial charge in [-0.25, -0.2) is 0 Å². The third-order valence-electron chi connectivity index (χ3n) is 5.66. The topological polar surface area (TPSA) is 32.3 Å². The fourth-order valence-electron chi connectivity index (χ4n) is 3.98. The van der Waals surface area contributed by atoms with Crippen LogP contribution >= 0.6 is 12.4 Å². The Morgan fingerprint density at radius 3 is 2.19 bits per heavy atom. The molecule has 0 bridgehead atoms. The zero-order valence-corrected chi connectivity index (χ0v) is 15.7. The molecule has 1 aromatic rings. The van der Waals surface area contributed by atoms with Crippen LogP contribution in [0, 0.1) is 11.8 Å². The molecule has 2 saturated heterocycles. The quantitative estimate of drug-likeness (QED) is 0.843. The van der Waals surface area contributed by atoms with E-state index in [4.69, 9.17) is 0 Å². The summed E-state index contributed by atoms with van der Waals surface area (Å²) in [7, 11) is 0. The van der Waals surface area contributed by atoms with Crippen LogP contribution in [0.15, 0.2) is 24.3 Å². The molecule has 2 heterocycles. The molecule has 146 valence electrons. The average Bonchev–Trinajstić information content (AvgIpc) is 2.92. The monoisotopic (exact) mass is 390 g/mol. The maximum absolute atomic E-state index is 12.6. The van der Waals surface area contributed by atoms with E-state index in [0.29, 0.717) is 18.3 Å². The van der Waals surface area contributed by atoms with Gasteiger partial charge in [-0.3, -0.25) is 4.79 Å². The van der Waals surface area contributed by atoms with E-state index in [9.17, 15) is 18.0 Å². The van der Waals surface area contributed by atoms with E-state index in [2.05, 4.69) is 5.32 Å². The number of halogens is 4. The number of nitrogens with zero attached hydrogens (tertiary/aromatic N) is 1. The van der Waals surface area contributed by atoms with Crippen molar-refractivity contribution in [3.8, 4) is 0 Å². The molecule has 1 N–H and O–H groups in total. The Balaban J connectivity index is 0.00000243. The molecular weight excluding hydrogens is 365 g/mol. The molecule has 1 aromatic carbocycles. The fraction of sp³-hybridized carbons (Fsp3) is 0.632. The molecule has 1 amide bonds. The van der Waals surface area contributed by atoms with Crippen molar-refractivity contribution in [2.24, 2.45) is 11.8 Å². The van der Waals surface area contributed by atoms with E-state index in [0.717, 1.165) is 56.7 Å². The second-order valence-corrected chi connectivity index (χ2v) is 7.36. The molecule has 2 fully saturated rings. The summed E-state index contributed by atoms with van der Waals surface area (Å²) in [6.07, 6.45) is -1.90. The predicted octanol–water partition coefficient (Wildman–Crippen LogP) is 4.08. The molecule has 7 heteroatoms. The van der Waals surface area contributed by atoms with Gasteiger partial charge in [-0.1, -0.05) is 19.1 Å². The van der Waals surface area contributed by atoms with Crippen molar-refractivity contribution in [3.05, 3.63) is 35.4 Å². The van der Waals surface area contributed by atoms with Gasteiger partial charge in [-0.2, -0.15) is 13.2 Å². The Bertz CT molecular complexity index is 592. The Hall–Kier alpha value is -1.27. The average molecular weight is 391 g/mol. The lowest BCUT2D eigenvalue weighted by Crippen LogP contribution is -2.33. The van der Waals surface area contributed by atoms with Gasteiger partial charge in [-0.15, -0.1) is 12.4 Å². The molecule has 0 saturated carbocycles. The Morgan fingerprint density at radius 1 is 1.15 bits per heavy atom. The number of rotatable bonds is 3. The summed E-state index contributed by atoms with van der Waals surface area (Å²) in [5.41, 5.74) is 0.125. The van der Waals surface area contributed by atoms with Crippen molar-refractivity contribution >= 4 is 18.3 Å². The molecule has 0 aliphatic carbocycles. The van der Waals surface area contributed by atoms with E-state index in [1.807, 2.05) is 11.8 Å². The van der Waals surface area contributed by atoms with Crippen LogP contribution in [-0.4, -0.2) is 37.0 Å². The first kappa shape index (κ1) is 21.0. The van der Waals surface area contributed by atoms with E-state index in [-0.39, 0.29) is 24.2 Å². The number of benzene rings is 1. The summed E-state index contributed by atoms with van der Waals surface area (Å²) in [6, 6.07) is 5.16. The van der Waals surface area contributed by atoms with Gasteiger partial charge in [0.2, 0.25) is 5.91 Å². The van der Waals surface area contributed by atoms with Crippen LogP contribution in [0.4, 0.5) is 13.2 Å². The maximum atomic E-state index is 12.6. The number of nitrogens with one attached hydrogen (secondary N) is 1. The van der Waals surface area contributed by atoms with Crippen LogP contribution in [0.3, 0.4) is 0 Å². The Morgan fingerprint density at radius 2 is 1.69 bits per heavy atom. The third kappa shape index (κ3) is 4.92. The zero-order chi connectivity index (χ0) is 18.0. The number of carbonyl (C=O) groups excluding carboxylic acids is 1. The molecule has 0 aromatic heterocycles. The Kier molecular flexibility index (Phi) is 6.97. The summed E-state index contributed by atoms with van der Waals surface area (Å²) >= 11 is 0. The molecule has 3 nitrogen and oxygen atoms in total. The maximum Gasteiger partial charge on any atom is 0.416 e. The van der Waals surface area contributed by atoms with Gasteiger partial charge in [-0.05, 0) is 61.4 Å². The van der Waals surface area contributed by atoms with Gasteiger partial charge >= 0.3 is 6.18 Å². The van der Waals surface area contributed by atoms with E-state index >= 15 is 0 Å². The molecule has 2 aliphatic rings. The van der Waals surface area contributed by atoms with Crippen LogP contribution in [0.25, 0.3) is 0 Å². The first-order valence-corrected chi connectivity index (χ1v) is 9.00. The van der Waals surface area contributed by atoms with Crippen LogP contribution in [0.2, 0.25) is 0 Å². The van der Waals surface area contributed by atoms with Gasteiger partial charge in [0.15, 0.2) is 0 Å². The number of alkyl halides is 3. The summed E-state index contributed by atoms with van der Waals surface area (Å²) in [5, 5.41) is 3.42. The first-order valence-electron chi connectivity index (χ1n) is 9.00. The number of hydrogen-bond donors (Lipinski definition) is 1. The smallest absolute Gasteiger partial charge is 0.343 e. The highest BCUT2D eigenvalue weighted by Crippen LogP contribution is 2.31. The van der Waals surface area contributed by atoms with Crippen LogP contribution in [-0.2, 0) is 11.0 Å². The van der Waals surface area contributed by atoms with Crippen molar-refractivity contribution in [2.45, 2.75) is 38.3 Å². The van der Waals surface area contributed by atoms with E-state index < -0.39 is 11.7 Å². The minimum atomic E-state index is -4.32. The first-order chi connectivity index (χ1) is 11.8. The fourth-order valence-corrected chi connectivity index (χ4v) is 3.98. The van der Waals surface area contributed by atoms with E-state index in [1.165, 1.54) is 12.1 Å². The second kappa shape index (κ2) is 8.61. The minimum absolute atomic E-state index is 0. The second-order valence-electron chi connectivity index (χ2n) is 7.36. The number of hydrogen-bond acceptors (Lipinski definition) is 2. The molecule has 26 heavy (non-hydrogen) atoms. The van der Waals surface area contributed by atoms with Crippen molar-refractivity contribution in [2.75, 3.05) is 26.2 Å². The highest BCUT2D eigenvalue weighted by Gasteiger charge is 2.32. The highest BCUT2D eigenvalue weighted by atomic mass is 35.5. The predicted molar refractivity (Wildman–Crippen MR) is 97.4 cm³/mol.